The van der Waals surface area contributed by atoms with E-state index in [4.69, 9.17) is 4.74 Å². The maximum absolute atomic E-state index is 11.3. The Hall–Kier alpha value is -1.73. The molecule has 1 heterocycles. The van der Waals surface area contributed by atoms with Crippen LogP contribution in [0.4, 0.5) is 5.95 Å². The second-order valence-corrected chi connectivity index (χ2v) is 7.88. The minimum atomic E-state index is -1.06. The number of aromatic nitrogens is 2. The van der Waals surface area contributed by atoms with Crippen LogP contribution < -0.4 is 5.32 Å². The van der Waals surface area contributed by atoms with E-state index in [2.05, 4.69) is 15.3 Å². The van der Waals surface area contributed by atoms with Gasteiger partial charge in [0.15, 0.2) is 0 Å². The SMILES string of the molecule is COCc1nc(NC23CC4CC(CC(O)(C4)C2)C3)ncc1C(=O)O. The van der Waals surface area contributed by atoms with Gasteiger partial charge in [0.25, 0.3) is 0 Å². The topological polar surface area (TPSA) is 105 Å². The van der Waals surface area contributed by atoms with Gasteiger partial charge in [0.05, 0.1) is 17.9 Å². The summed E-state index contributed by atoms with van der Waals surface area (Å²) in [6.07, 6.45) is 7.11. The molecule has 4 aliphatic rings. The molecule has 1 aromatic rings. The summed E-state index contributed by atoms with van der Waals surface area (Å²) in [4.78, 5) is 19.8. The molecule has 4 aliphatic carbocycles. The van der Waals surface area contributed by atoms with Gasteiger partial charge in [-0.3, -0.25) is 0 Å². The third kappa shape index (κ3) is 2.65. The Balaban J connectivity index is 1.61. The molecule has 0 saturated heterocycles. The van der Waals surface area contributed by atoms with E-state index in [9.17, 15) is 15.0 Å². The van der Waals surface area contributed by atoms with Gasteiger partial charge in [-0.1, -0.05) is 0 Å². The maximum atomic E-state index is 11.3. The molecule has 2 unspecified atom stereocenters. The highest BCUT2D eigenvalue weighted by Gasteiger charge is 2.57. The van der Waals surface area contributed by atoms with Crippen LogP contribution in [0.15, 0.2) is 6.20 Å². The summed E-state index contributed by atoms with van der Waals surface area (Å²) in [6, 6.07) is 0. The number of anilines is 1. The summed E-state index contributed by atoms with van der Waals surface area (Å²) in [6.45, 7) is 0.126. The predicted molar refractivity (Wildman–Crippen MR) is 85.7 cm³/mol. The van der Waals surface area contributed by atoms with Gasteiger partial charge in [-0.05, 0) is 50.4 Å². The molecule has 130 valence electrons. The lowest BCUT2D eigenvalue weighted by molar-refractivity contribution is -0.127. The van der Waals surface area contributed by atoms with Gasteiger partial charge in [0.2, 0.25) is 5.95 Å². The summed E-state index contributed by atoms with van der Waals surface area (Å²) in [5, 5.41) is 23.5. The van der Waals surface area contributed by atoms with Crippen LogP contribution in [0.5, 0.6) is 0 Å². The number of carboxylic acid groups (broad SMARTS) is 1. The number of hydrogen-bond donors (Lipinski definition) is 3. The van der Waals surface area contributed by atoms with Gasteiger partial charge in [-0.2, -0.15) is 0 Å². The van der Waals surface area contributed by atoms with Gasteiger partial charge in [0.1, 0.15) is 5.56 Å². The van der Waals surface area contributed by atoms with Crippen LogP contribution in [0.2, 0.25) is 0 Å². The van der Waals surface area contributed by atoms with Gasteiger partial charge in [0, 0.05) is 18.8 Å². The molecule has 7 heteroatoms. The third-order valence-electron chi connectivity index (χ3n) is 5.79. The number of aromatic carboxylic acids is 1. The van der Waals surface area contributed by atoms with E-state index < -0.39 is 11.6 Å². The zero-order valence-corrected chi connectivity index (χ0v) is 13.8. The fraction of sp³-hybridized carbons (Fsp3) is 0.706. The van der Waals surface area contributed by atoms with Crippen molar-refractivity contribution in [2.75, 3.05) is 12.4 Å². The first kappa shape index (κ1) is 15.8. The Morgan fingerprint density at radius 1 is 1.38 bits per heavy atom. The van der Waals surface area contributed by atoms with Crippen molar-refractivity contribution in [1.82, 2.24) is 9.97 Å². The highest BCUT2D eigenvalue weighted by atomic mass is 16.5. The van der Waals surface area contributed by atoms with Crippen molar-refractivity contribution in [3.63, 3.8) is 0 Å². The molecule has 1 aromatic heterocycles. The second-order valence-electron chi connectivity index (χ2n) is 7.88. The van der Waals surface area contributed by atoms with Crippen LogP contribution >= 0.6 is 0 Å². The fourth-order valence-corrected chi connectivity index (χ4v) is 5.50. The van der Waals surface area contributed by atoms with Crippen molar-refractivity contribution in [3.8, 4) is 0 Å². The average Bonchev–Trinajstić information content (AvgIpc) is 2.44. The number of ether oxygens (including phenoxy) is 1. The van der Waals surface area contributed by atoms with E-state index in [0.717, 1.165) is 32.1 Å². The Kier molecular flexibility index (Phi) is 3.54. The molecule has 7 nitrogen and oxygen atoms in total. The zero-order valence-electron chi connectivity index (χ0n) is 13.8. The molecular formula is C17H23N3O4. The molecule has 4 saturated carbocycles. The van der Waals surface area contributed by atoms with Gasteiger partial charge >= 0.3 is 5.97 Å². The number of hydrogen-bond acceptors (Lipinski definition) is 6. The number of nitrogens with one attached hydrogen (secondary N) is 1. The molecule has 0 aromatic carbocycles. The second kappa shape index (κ2) is 5.39. The first-order chi connectivity index (χ1) is 11.4. The lowest BCUT2D eigenvalue weighted by atomic mass is 9.51. The number of rotatable bonds is 5. The largest absolute Gasteiger partial charge is 0.478 e. The summed E-state index contributed by atoms with van der Waals surface area (Å²) < 4.78 is 5.06. The highest BCUT2D eigenvalue weighted by Crippen LogP contribution is 2.58. The van der Waals surface area contributed by atoms with Crippen molar-refractivity contribution >= 4 is 11.9 Å². The molecule has 0 aliphatic heterocycles. The van der Waals surface area contributed by atoms with Gasteiger partial charge < -0.3 is 20.3 Å². The normalized spacial score (nSPS) is 36.8. The van der Waals surface area contributed by atoms with E-state index in [1.165, 1.54) is 19.7 Å². The molecule has 24 heavy (non-hydrogen) atoms. The monoisotopic (exact) mass is 333 g/mol. The van der Waals surface area contributed by atoms with Crippen molar-refractivity contribution in [3.05, 3.63) is 17.5 Å². The standard InChI is InChI=1S/C17H23N3O4/c1-24-8-13-12(14(21)22)7-18-15(19-13)20-16-3-10-2-11(4-16)6-17(23,5-10)9-16/h7,10-11,23H,2-6,8-9H2,1H3,(H,21,22)(H,18,19,20). The van der Waals surface area contributed by atoms with Crippen molar-refractivity contribution < 1.29 is 19.7 Å². The quantitative estimate of drug-likeness (QED) is 0.755. The molecule has 4 bridgehead atoms. The average molecular weight is 333 g/mol. The summed E-state index contributed by atoms with van der Waals surface area (Å²) in [7, 11) is 1.51. The lowest BCUT2D eigenvalue weighted by Crippen LogP contribution is -2.62. The van der Waals surface area contributed by atoms with E-state index in [1.807, 2.05) is 0 Å². The van der Waals surface area contributed by atoms with Crippen molar-refractivity contribution in [2.45, 2.75) is 56.3 Å². The van der Waals surface area contributed by atoms with Crippen LogP contribution in [0, 0.1) is 11.8 Å². The zero-order chi connectivity index (χ0) is 16.9. The van der Waals surface area contributed by atoms with E-state index in [1.54, 1.807) is 0 Å². The molecule has 0 spiro atoms. The van der Waals surface area contributed by atoms with Crippen LogP contribution in [-0.4, -0.2) is 44.4 Å². The summed E-state index contributed by atoms with van der Waals surface area (Å²) in [5.41, 5.74) is -0.307. The first-order valence-corrected chi connectivity index (χ1v) is 8.49. The molecular weight excluding hydrogens is 310 g/mol. The number of aliphatic hydroxyl groups is 1. The number of carboxylic acids is 1. The Bertz CT molecular complexity index is 664. The minimum Gasteiger partial charge on any atom is -0.478 e. The molecule has 4 fully saturated rings. The van der Waals surface area contributed by atoms with Gasteiger partial charge in [-0.25, -0.2) is 14.8 Å². The Labute approximate surface area is 140 Å². The van der Waals surface area contributed by atoms with Crippen molar-refractivity contribution in [1.29, 1.82) is 0 Å². The van der Waals surface area contributed by atoms with Gasteiger partial charge in [-0.15, -0.1) is 0 Å². The lowest BCUT2D eigenvalue weighted by Gasteiger charge is -2.60. The molecule has 2 atom stereocenters. The predicted octanol–water partition coefficient (Wildman–Crippen LogP) is 1.82. The van der Waals surface area contributed by atoms with Crippen LogP contribution in [0.25, 0.3) is 0 Å². The maximum Gasteiger partial charge on any atom is 0.339 e. The minimum absolute atomic E-state index is 0.0616. The molecule has 0 radical (unpaired) electrons. The first-order valence-electron chi connectivity index (χ1n) is 8.49. The Morgan fingerprint density at radius 3 is 2.67 bits per heavy atom. The Morgan fingerprint density at radius 2 is 2.08 bits per heavy atom. The molecule has 5 rings (SSSR count). The molecule has 0 amide bonds. The van der Waals surface area contributed by atoms with E-state index in [-0.39, 0.29) is 17.7 Å². The van der Waals surface area contributed by atoms with Crippen LogP contribution in [-0.2, 0) is 11.3 Å². The van der Waals surface area contributed by atoms with Crippen LogP contribution in [0.1, 0.15) is 54.6 Å². The van der Waals surface area contributed by atoms with Crippen molar-refractivity contribution in [2.24, 2.45) is 11.8 Å². The third-order valence-corrected chi connectivity index (χ3v) is 5.79. The number of nitrogens with zero attached hydrogens (tertiary/aromatic N) is 2. The summed E-state index contributed by atoms with van der Waals surface area (Å²) >= 11 is 0. The number of carbonyl (C=O) groups is 1. The van der Waals surface area contributed by atoms with Crippen LogP contribution in [0.3, 0.4) is 0 Å². The highest BCUT2D eigenvalue weighted by molar-refractivity contribution is 5.88. The molecule has 3 N–H and O–H groups in total. The fourth-order valence-electron chi connectivity index (χ4n) is 5.50. The van der Waals surface area contributed by atoms with E-state index >= 15 is 0 Å². The van der Waals surface area contributed by atoms with E-state index in [0.29, 0.717) is 23.5 Å². The smallest absolute Gasteiger partial charge is 0.339 e. The summed E-state index contributed by atoms with van der Waals surface area (Å²) in [5.74, 6) is 0.483. The number of methoxy groups -OCH3 is 1.